The lowest BCUT2D eigenvalue weighted by Gasteiger charge is -1.99. The molecule has 0 unspecified atom stereocenters. The van der Waals surface area contributed by atoms with E-state index in [4.69, 9.17) is 11.6 Å². The molecule has 60 valence electrons. The van der Waals surface area contributed by atoms with Gasteiger partial charge in [0.1, 0.15) is 0 Å². The van der Waals surface area contributed by atoms with Crippen LogP contribution in [0.5, 0.6) is 0 Å². The van der Waals surface area contributed by atoms with E-state index in [0.29, 0.717) is 0 Å². The molecule has 0 spiro atoms. The van der Waals surface area contributed by atoms with Gasteiger partial charge in [-0.3, -0.25) is 0 Å². The molecule has 0 N–H and O–H groups in total. The van der Waals surface area contributed by atoms with Gasteiger partial charge in [-0.15, -0.1) is 0 Å². The summed E-state index contributed by atoms with van der Waals surface area (Å²) in [4.78, 5) is 0. The summed E-state index contributed by atoms with van der Waals surface area (Å²) in [6.45, 7) is 0. The van der Waals surface area contributed by atoms with Gasteiger partial charge in [-0.1, -0.05) is 27.5 Å². The summed E-state index contributed by atoms with van der Waals surface area (Å²) in [6.07, 6.45) is 0.961. The summed E-state index contributed by atoms with van der Waals surface area (Å²) < 4.78 is 1.03. The van der Waals surface area contributed by atoms with Crippen LogP contribution < -0.4 is 0 Å². The predicted octanol–water partition coefficient (Wildman–Crippen LogP) is 3.57. The molecule has 1 rings (SSSR count). The molecule has 0 aliphatic rings. The molecule has 0 heterocycles. The zero-order valence-corrected chi connectivity index (χ0v) is 9.09. The van der Waals surface area contributed by atoms with Crippen LogP contribution in [0.4, 0.5) is 0 Å². The minimum absolute atomic E-state index is 0.774. The van der Waals surface area contributed by atoms with E-state index in [1.807, 2.05) is 12.1 Å². The van der Waals surface area contributed by atoms with E-state index >= 15 is 0 Å². The fraction of sp³-hybridized carbons (Fsp3) is 0.250. The maximum Gasteiger partial charge on any atom is 0.0419 e. The van der Waals surface area contributed by atoms with E-state index in [-0.39, 0.29) is 0 Å². The van der Waals surface area contributed by atoms with E-state index < -0.39 is 0 Å². The van der Waals surface area contributed by atoms with Crippen molar-refractivity contribution in [1.82, 2.24) is 0 Å². The van der Waals surface area contributed by atoms with Crippen LogP contribution in [0.3, 0.4) is 0 Å². The van der Waals surface area contributed by atoms with Crippen molar-refractivity contribution in [2.45, 2.75) is 6.42 Å². The van der Waals surface area contributed by atoms with Gasteiger partial charge in [0, 0.05) is 9.50 Å². The summed E-state index contributed by atoms with van der Waals surface area (Å²) in [5.74, 6) is 0.854. The van der Waals surface area contributed by atoms with Gasteiger partial charge in [0.2, 0.25) is 0 Å². The van der Waals surface area contributed by atoms with E-state index in [2.05, 4.69) is 34.6 Å². The molecule has 0 fully saturated rings. The molecule has 0 nitrogen and oxygen atoms in total. The van der Waals surface area contributed by atoms with E-state index in [1.165, 1.54) is 5.56 Å². The van der Waals surface area contributed by atoms with Gasteiger partial charge in [0.15, 0.2) is 0 Å². The highest BCUT2D eigenvalue weighted by molar-refractivity contribution is 9.10. The van der Waals surface area contributed by atoms with Gasteiger partial charge in [0.05, 0.1) is 0 Å². The van der Waals surface area contributed by atoms with Gasteiger partial charge < -0.3 is 0 Å². The quantitative estimate of drug-likeness (QED) is 0.763. The molecule has 0 bridgehead atoms. The molecule has 0 atom stereocenters. The Kier molecular flexibility index (Phi) is 3.76. The maximum absolute atomic E-state index is 5.83. The molecule has 0 aliphatic carbocycles. The number of rotatable bonds is 2. The lowest BCUT2D eigenvalue weighted by atomic mass is 10.2. The Hall–Kier alpha value is 0.340. The minimum atomic E-state index is 0.774. The Labute approximate surface area is 85.5 Å². The Balaban J connectivity index is 2.89. The number of halogens is 2. The first-order chi connectivity index (χ1) is 5.22. The van der Waals surface area contributed by atoms with Crippen LogP contribution in [0.1, 0.15) is 5.56 Å². The van der Waals surface area contributed by atoms with Crippen molar-refractivity contribution in [3.8, 4) is 0 Å². The summed E-state index contributed by atoms with van der Waals surface area (Å²) in [7, 11) is 0. The normalized spacial score (nSPS) is 10.1. The molecule has 11 heavy (non-hydrogen) atoms. The molecule has 0 saturated heterocycles. The Bertz CT molecular complexity index is 230. The largest absolute Gasteiger partial charge is 0.179 e. The molecule has 0 aliphatic heterocycles. The van der Waals surface area contributed by atoms with Crippen LogP contribution in [0.2, 0.25) is 5.02 Å². The second kappa shape index (κ2) is 4.39. The highest BCUT2D eigenvalue weighted by atomic mass is 79.9. The molecule has 1 aromatic rings. The Morgan fingerprint density at radius 2 is 2.09 bits per heavy atom. The van der Waals surface area contributed by atoms with Crippen molar-refractivity contribution in [3.63, 3.8) is 0 Å². The van der Waals surface area contributed by atoms with Crippen molar-refractivity contribution < 1.29 is 0 Å². The maximum atomic E-state index is 5.83. The molecule has 0 amide bonds. The zero-order valence-electron chi connectivity index (χ0n) is 5.85. The van der Waals surface area contributed by atoms with E-state index in [9.17, 15) is 0 Å². The fourth-order valence-corrected chi connectivity index (χ4v) is 2.07. The van der Waals surface area contributed by atoms with Gasteiger partial charge in [0.25, 0.3) is 0 Å². The molecular formula is C8H8BrClS. The average Bonchev–Trinajstić information content (AvgIpc) is 1.85. The topological polar surface area (TPSA) is 0 Å². The van der Waals surface area contributed by atoms with Crippen molar-refractivity contribution in [1.29, 1.82) is 0 Å². The Morgan fingerprint density at radius 1 is 1.36 bits per heavy atom. The number of aryl methyl sites for hydroxylation is 1. The molecule has 0 aromatic heterocycles. The van der Waals surface area contributed by atoms with Gasteiger partial charge >= 0.3 is 0 Å². The highest BCUT2D eigenvalue weighted by Gasteiger charge is 1.95. The third-order valence-corrected chi connectivity index (χ3v) is 2.22. The average molecular weight is 252 g/mol. The first-order valence-corrected chi connectivity index (χ1v) is 5.08. The molecule has 3 heteroatoms. The van der Waals surface area contributed by atoms with Gasteiger partial charge in [-0.25, -0.2) is 0 Å². The van der Waals surface area contributed by atoms with E-state index in [1.54, 1.807) is 0 Å². The molecule has 0 saturated carbocycles. The third kappa shape index (κ3) is 3.06. The summed E-state index contributed by atoms with van der Waals surface area (Å²) >= 11 is 13.3. The van der Waals surface area contributed by atoms with Crippen molar-refractivity contribution in [2.24, 2.45) is 0 Å². The monoisotopic (exact) mass is 250 g/mol. The molecule has 0 radical (unpaired) electrons. The third-order valence-electron chi connectivity index (χ3n) is 1.32. The first kappa shape index (κ1) is 9.43. The lowest BCUT2D eigenvalue weighted by molar-refractivity contribution is 1.16. The van der Waals surface area contributed by atoms with Crippen molar-refractivity contribution in [3.05, 3.63) is 33.3 Å². The second-order valence-corrected chi connectivity index (χ2v) is 4.05. The summed E-state index contributed by atoms with van der Waals surface area (Å²) in [5.41, 5.74) is 1.22. The van der Waals surface area contributed by atoms with Crippen LogP contribution in [0.15, 0.2) is 22.7 Å². The van der Waals surface area contributed by atoms with Crippen LogP contribution >= 0.6 is 40.2 Å². The number of hydrogen-bond donors (Lipinski definition) is 1. The van der Waals surface area contributed by atoms with Crippen molar-refractivity contribution in [2.75, 3.05) is 5.75 Å². The van der Waals surface area contributed by atoms with Gasteiger partial charge in [-0.05, 0) is 35.9 Å². The standard InChI is InChI=1S/C8H8BrClS/c9-7-3-6(1-2-11)4-8(10)5-7/h3-5,11H,1-2H2. The number of hydrogen-bond acceptors (Lipinski definition) is 1. The van der Waals surface area contributed by atoms with Gasteiger partial charge in [-0.2, -0.15) is 12.6 Å². The minimum Gasteiger partial charge on any atom is -0.179 e. The van der Waals surface area contributed by atoms with E-state index in [0.717, 1.165) is 21.7 Å². The first-order valence-electron chi connectivity index (χ1n) is 3.28. The van der Waals surface area contributed by atoms with Crippen LogP contribution in [-0.2, 0) is 6.42 Å². The zero-order chi connectivity index (χ0) is 8.27. The Morgan fingerprint density at radius 3 is 2.64 bits per heavy atom. The predicted molar refractivity (Wildman–Crippen MR) is 56.7 cm³/mol. The SMILES string of the molecule is SCCc1cc(Cl)cc(Br)c1. The molecule has 1 aromatic carbocycles. The summed E-state index contributed by atoms with van der Waals surface area (Å²) in [6, 6.07) is 5.90. The second-order valence-electron chi connectivity index (χ2n) is 2.25. The lowest BCUT2D eigenvalue weighted by Crippen LogP contribution is -1.85. The molecular weight excluding hydrogens is 244 g/mol. The fourth-order valence-electron chi connectivity index (χ4n) is 0.884. The van der Waals surface area contributed by atoms with Crippen LogP contribution in [0, 0.1) is 0 Å². The van der Waals surface area contributed by atoms with Crippen molar-refractivity contribution >= 4 is 40.2 Å². The number of thiol groups is 1. The van der Waals surface area contributed by atoms with Crippen LogP contribution in [-0.4, -0.2) is 5.75 Å². The van der Waals surface area contributed by atoms with Crippen LogP contribution in [0.25, 0.3) is 0 Å². The number of benzene rings is 1. The smallest absolute Gasteiger partial charge is 0.0419 e. The highest BCUT2D eigenvalue weighted by Crippen LogP contribution is 2.19. The summed E-state index contributed by atoms with van der Waals surface area (Å²) in [5, 5.41) is 0.774.